The van der Waals surface area contributed by atoms with E-state index in [0.29, 0.717) is 18.8 Å². The molecule has 0 radical (unpaired) electrons. The van der Waals surface area contributed by atoms with E-state index >= 15 is 0 Å². The number of benzene rings is 1. The molecule has 2 atom stereocenters. The molecule has 26 heavy (non-hydrogen) atoms. The fourth-order valence-electron chi connectivity index (χ4n) is 3.28. The van der Waals surface area contributed by atoms with Crippen molar-refractivity contribution in [3.05, 3.63) is 47.3 Å². The number of carboxylic acids is 1. The van der Waals surface area contributed by atoms with E-state index in [1.165, 1.54) is 0 Å². The number of amides is 1. The van der Waals surface area contributed by atoms with Crippen molar-refractivity contribution in [3.8, 4) is 5.69 Å². The first-order chi connectivity index (χ1) is 12.5. The zero-order chi connectivity index (χ0) is 18.7. The van der Waals surface area contributed by atoms with Gasteiger partial charge in [0.1, 0.15) is 6.04 Å². The number of aliphatic carboxylic acids is 1. The SMILES string of the molecule is Cc1cc(C)n(-c2ccc(C(=O)NC(C(=O)O)C3CCCOC3)cc2)n1. The number of nitrogens with one attached hydrogen (secondary N) is 1. The molecule has 138 valence electrons. The smallest absolute Gasteiger partial charge is 0.326 e. The second-order valence-electron chi connectivity index (χ2n) is 6.65. The molecule has 1 aromatic heterocycles. The minimum atomic E-state index is -1.03. The maximum absolute atomic E-state index is 12.5. The summed E-state index contributed by atoms with van der Waals surface area (Å²) < 4.78 is 7.16. The molecule has 0 saturated carbocycles. The third kappa shape index (κ3) is 3.94. The van der Waals surface area contributed by atoms with Crippen LogP contribution in [-0.2, 0) is 9.53 Å². The van der Waals surface area contributed by atoms with Gasteiger partial charge in [-0.3, -0.25) is 4.79 Å². The average molecular weight is 357 g/mol. The predicted octanol–water partition coefficient (Wildman–Crippen LogP) is 2.10. The first-order valence-electron chi connectivity index (χ1n) is 8.71. The van der Waals surface area contributed by atoms with Crippen molar-refractivity contribution in [2.24, 2.45) is 5.92 Å². The Labute approximate surface area is 152 Å². The van der Waals surface area contributed by atoms with Crippen LogP contribution in [-0.4, -0.2) is 46.0 Å². The highest BCUT2D eigenvalue weighted by Gasteiger charge is 2.31. The number of carbonyl (C=O) groups is 2. The fraction of sp³-hybridized carbons (Fsp3) is 0.421. The maximum atomic E-state index is 12.5. The molecular weight excluding hydrogens is 334 g/mol. The van der Waals surface area contributed by atoms with Gasteiger partial charge >= 0.3 is 5.97 Å². The zero-order valence-electron chi connectivity index (χ0n) is 14.9. The number of rotatable bonds is 5. The molecule has 0 bridgehead atoms. The normalized spacial score (nSPS) is 18.3. The maximum Gasteiger partial charge on any atom is 0.326 e. The number of hydrogen-bond acceptors (Lipinski definition) is 4. The van der Waals surface area contributed by atoms with Gasteiger partial charge in [0.15, 0.2) is 0 Å². The van der Waals surface area contributed by atoms with E-state index < -0.39 is 17.9 Å². The van der Waals surface area contributed by atoms with Crippen molar-refractivity contribution in [2.75, 3.05) is 13.2 Å². The van der Waals surface area contributed by atoms with E-state index in [0.717, 1.165) is 29.9 Å². The Bertz CT molecular complexity index is 792. The third-order valence-corrected chi connectivity index (χ3v) is 4.60. The lowest BCUT2D eigenvalue weighted by Crippen LogP contribution is -2.48. The fourth-order valence-corrected chi connectivity index (χ4v) is 3.28. The second kappa shape index (κ2) is 7.70. The van der Waals surface area contributed by atoms with Crippen molar-refractivity contribution in [1.82, 2.24) is 15.1 Å². The van der Waals surface area contributed by atoms with E-state index in [4.69, 9.17) is 4.74 Å². The highest BCUT2D eigenvalue weighted by molar-refractivity contribution is 5.96. The Morgan fingerprint density at radius 2 is 2.04 bits per heavy atom. The predicted molar refractivity (Wildman–Crippen MR) is 95.5 cm³/mol. The van der Waals surface area contributed by atoms with E-state index in [1.54, 1.807) is 28.9 Å². The van der Waals surface area contributed by atoms with Crippen LogP contribution in [0.5, 0.6) is 0 Å². The summed E-state index contributed by atoms with van der Waals surface area (Å²) in [5.41, 5.74) is 3.19. The highest BCUT2D eigenvalue weighted by Crippen LogP contribution is 2.19. The lowest BCUT2D eigenvalue weighted by Gasteiger charge is -2.28. The van der Waals surface area contributed by atoms with Crippen LogP contribution in [0, 0.1) is 19.8 Å². The van der Waals surface area contributed by atoms with Crippen LogP contribution in [0.4, 0.5) is 0 Å². The summed E-state index contributed by atoms with van der Waals surface area (Å²) in [7, 11) is 0. The average Bonchev–Trinajstić information content (AvgIpc) is 2.98. The van der Waals surface area contributed by atoms with Gasteiger partial charge in [0.2, 0.25) is 0 Å². The summed E-state index contributed by atoms with van der Waals surface area (Å²) in [5, 5.41) is 16.5. The Morgan fingerprint density at radius 1 is 1.31 bits per heavy atom. The molecule has 1 saturated heterocycles. The number of aryl methyl sites for hydroxylation is 2. The third-order valence-electron chi connectivity index (χ3n) is 4.60. The van der Waals surface area contributed by atoms with E-state index in [1.807, 2.05) is 19.9 Å². The quantitative estimate of drug-likeness (QED) is 0.855. The summed E-state index contributed by atoms with van der Waals surface area (Å²) in [4.78, 5) is 24.0. The largest absolute Gasteiger partial charge is 0.480 e. The van der Waals surface area contributed by atoms with Crippen LogP contribution >= 0.6 is 0 Å². The Hall–Kier alpha value is -2.67. The number of aromatic nitrogens is 2. The summed E-state index contributed by atoms with van der Waals surface area (Å²) in [5.74, 6) is -1.64. The Morgan fingerprint density at radius 3 is 2.58 bits per heavy atom. The molecule has 0 aliphatic carbocycles. The lowest BCUT2D eigenvalue weighted by atomic mass is 9.93. The molecule has 1 amide bonds. The van der Waals surface area contributed by atoms with Gasteiger partial charge in [-0.15, -0.1) is 0 Å². The molecule has 3 rings (SSSR count). The number of nitrogens with zero attached hydrogens (tertiary/aromatic N) is 2. The molecule has 0 spiro atoms. The van der Waals surface area contributed by atoms with E-state index in [2.05, 4.69) is 10.4 Å². The first-order valence-corrected chi connectivity index (χ1v) is 8.71. The van der Waals surface area contributed by atoms with Gasteiger partial charge in [-0.25, -0.2) is 9.48 Å². The molecule has 2 heterocycles. The van der Waals surface area contributed by atoms with E-state index in [9.17, 15) is 14.7 Å². The van der Waals surface area contributed by atoms with Crippen molar-refractivity contribution < 1.29 is 19.4 Å². The first kappa shape index (κ1) is 18.1. The van der Waals surface area contributed by atoms with Crippen LogP contribution in [0.15, 0.2) is 30.3 Å². The van der Waals surface area contributed by atoms with Gasteiger partial charge < -0.3 is 15.2 Å². The minimum Gasteiger partial charge on any atom is -0.480 e. The van der Waals surface area contributed by atoms with Crippen molar-refractivity contribution in [3.63, 3.8) is 0 Å². The number of carboxylic acid groups (broad SMARTS) is 1. The molecule has 1 aliphatic heterocycles. The minimum absolute atomic E-state index is 0.209. The van der Waals surface area contributed by atoms with Crippen LogP contribution in [0.3, 0.4) is 0 Å². The summed E-state index contributed by atoms with van der Waals surface area (Å²) in [6, 6.07) is 7.99. The molecule has 1 fully saturated rings. The standard InChI is InChI=1S/C19H23N3O4/c1-12-10-13(2)22(21-12)16-7-5-14(6-8-16)18(23)20-17(19(24)25)15-4-3-9-26-11-15/h5-8,10,15,17H,3-4,9,11H2,1-2H3,(H,20,23)(H,24,25). The van der Waals surface area contributed by atoms with Crippen LogP contribution in [0.25, 0.3) is 5.69 Å². The van der Waals surface area contributed by atoms with Gasteiger partial charge in [-0.2, -0.15) is 5.10 Å². The molecule has 1 aromatic carbocycles. The highest BCUT2D eigenvalue weighted by atomic mass is 16.5. The zero-order valence-corrected chi connectivity index (χ0v) is 14.9. The molecular formula is C19H23N3O4. The van der Waals surface area contributed by atoms with Crippen LogP contribution in [0.1, 0.15) is 34.6 Å². The van der Waals surface area contributed by atoms with Crippen molar-refractivity contribution >= 4 is 11.9 Å². The molecule has 7 nitrogen and oxygen atoms in total. The molecule has 2 aromatic rings. The second-order valence-corrected chi connectivity index (χ2v) is 6.65. The van der Waals surface area contributed by atoms with Gasteiger partial charge in [0.25, 0.3) is 5.91 Å². The summed E-state index contributed by atoms with van der Waals surface area (Å²) in [6.45, 7) is 4.88. The summed E-state index contributed by atoms with van der Waals surface area (Å²) in [6.07, 6.45) is 1.54. The summed E-state index contributed by atoms with van der Waals surface area (Å²) >= 11 is 0. The molecule has 1 aliphatic rings. The van der Waals surface area contributed by atoms with Crippen molar-refractivity contribution in [1.29, 1.82) is 0 Å². The van der Waals surface area contributed by atoms with Gasteiger partial charge in [-0.1, -0.05) is 0 Å². The number of carbonyl (C=O) groups excluding carboxylic acids is 1. The van der Waals surface area contributed by atoms with Gasteiger partial charge in [0.05, 0.1) is 18.0 Å². The number of ether oxygens (including phenoxy) is 1. The van der Waals surface area contributed by atoms with Gasteiger partial charge in [-0.05, 0) is 57.0 Å². The van der Waals surface area contributed by atoms with Crippen molar-refractivity contribution in [2.45, 2.75) is 32.7 Å². The Balaban J connectivity index is 1.72. The van der Waals surface area contributed by atoms with Crippen LogP contribution in [0.2, 0.25) is 0 Å². The Kier molecular flexibility index (Phi) is 5.37. The molecule has 2 N–H and O–H groups in total. The monoisotopic (exact) mass is 357 g/mol. The lowest BCUT2D eigenvalue weighted by molar-refractivity contribution is -0.142. The van der Waals surface area contributed by atoms with E-state index in [-0.39, 0.29) is 5.92 Å². The van der Waals surface area contributed by atoms with Crippen LogP contribution < -0.4 is 5.32 Å². The van der Waals surface area contributed by atoms with Gasteiger partial charge in [0, 0.05) is 23.8 Å². The topological polar surface area (TPSA) is 93.5 Å². The molecule has 7 heteroatoms. The number of hydrogen-bond donors (Lipinski definition) is 2. The molecule has 2 unspecified atom stereocenters.